The number of nitrogens with one attached hydrogen (secondary N) is 2. The van der Waals surface area contributed by atoms with E-state index in [1.807, 2.05) is 0 Å². The van der Waals surface area contributed by atoms with E-state index in [4.69, 9.17) is 37.4 Å². The molecule has 0 amide bonds. The Hall–Kier alpha value is -0.466. The first-order valence-corrected chi connectivity index (χ1v) is 13.2. The van der Waals surface area contributed by atoms with Gasteiger partial charge in [-0.3, -0.25) is 0 Å². The van der Waals surface area contributed by atoms with Crippen LogP contribution in [0.5, 0.6) is 0 Å². The van der Waals surface area contributed by atoms with Crippen molar-refractivity contribution in [1.82, 2.24) is 0 Å². The van der Waals surface area contributed by atoms with Gasteiger partial charge >= 0.3 is 17.6 Å². The Morgan fingerprint density at radius 3 is 1.11 bits per heavy atom. The molecule has 0 aliphatic heterocycles. The third-order valence-electron chi connectivity index (χ3n) is 4.72. The van der Waals surface area contributed by atoms with Crippen LogP contribution < -0.4 is 0 Å². The van der Waals surface area contributed by atoms with Crippen LogP contribution in [0.4, 0.5) is 0 Å². The van der Waals surface area contributed by atoms with E-state index < -0.39 is 17.6 Å². The van der Waals surface area contributed by atoms with Gasteiger partial charge in [0.1, 0.15) is 0 Å². The molecule has 0 aromatic heterocycles. The Morgan fingerprint density at radius 2 is 0.852 bits per heavy atom. The van der Waals surface area contributed by atoms with Crippen LogP contribution in [-0.2, 0) is 26.6 Å². The Morgan fingerprint density at radius 1 is 0.556 bits per heavy atom. The van der Waals surface area contributed by atoms with Crippen molar-refractivity contribution in [3.63, 3.8) is 0 Å². The van der Waals surface area contributed by atoms with Gasteiger partial charge in [-0.15, -0.1) is 0 Å². The molecule has 0 saturated carbocycles. The highest BCUT2D eigenvalue weighted by atomic mass is 28.4. The molecule has 160 valence electrons. The van der Waals surface area contributed by atoms with Crippen LogP contribution in [-0.4, -0.2) is 71.7 Å². The Kier molecular flexibility index (Phi) is 14.3. The molecule has 0 aromatic rings. The largest absolute Gasteiger partial charge is 0.500 e. The molecule has 2 N–H and O–H groups in total. The normalized spacial score (nSPS) is 12.4. The van der Waals surface area contributed by atoms with Gasteiger partial charge in [0, 0.05) is 72.6 Å². The van der Waals surface area contributed by atoms with E-state index in [2.05, 4.69) is 0 Å². The third-order valence-corrected chi connectivity index (χ3v) is 10.4. The zero-order chi connectivity index (χ0) is 20.8. The Bertz CT molecular complexity index is 377. The van der Waals surface area contributed by atoms with Gasteiger partial charge in [0.2, 0.25) is 0 Å². The third kappa shape index (κ3) is 10.0. The summed E-state index contributed by atoms with van der Waals surface area (Å²) in [7, 11) is 4.66. The van der Waals surface area contributed by atoms with E-state index in [1.54, 1.807) is 42.7 Å². The van der Waals surface area contributed by atoms with Gasteiger partial charge in [-0.1, -0.05) is 0 Å². The predicted molar refractivity (Wildman–Crippen MR) is 111 cm³/mol. The van der Waals surface area contributed by atoms with Crippen LogP contribution in [0.2, 0.25) is 12.1 Å². The van der Waals surface area contributed by atoms with Gasteiger partial charge in [-0.25, -0.2) is 0 Å². The maximum atomic E-state index is 8.08. The predicted octanol–water partition coefficient (Wildman–Crippen LogP) is 3.51. The summed E-state index contributed by atoms with van der Waals surface area (Å²) in [6.45, 7) is 0. The zero-order valence-electron chi connectivity index (χ0n) is 17.8. The first kappa shape index (κ1) is 26.5. The molecular formula is C17H38N2O6Si2. The van der Waals surface area contributed by atoms with Crippen molar-refractivity contribution in [1.29, 1.82) is 10.8 Å². The SMILES string of the molecule is CO[Si](CCCCC(=N)CC(=N)CCCC[Si](OC)(OC)OC)(OC)OC. The summed E-state index contributed by atoms with van der Waals surface area (Å²) < 4.78 is 32.4. The van der Waals surface area contributed by atoms with Gasteiger partial charge in [-0.2, -0.15) is 0 Å². The average molecular weight is 423 g/mol. The molecule has 0 fully saturated rings. The van der Waals surface area contributed by atoms with Crippen LogP contribution in [0.15, 0.2) is 0 Å². The minimum Gasteiger partial charge on any atom is -0.377 e. The average Bonchev–Trinajstić information content (AvgIpc) is 2.69. The summed E-state index contributed by atoms with van der Waals surface area (Å²) in [6, 6.07) is 1.48. The van der Waals surface area contributed by atoms with E-state index in [0.717, 1.165) is 37.8 Å². The van der Waals surface area contributed by atoms with Crippen LogP contribution in [0, 0.1) is 10.8 Å². The molecule has 0 unspecified atom stereocenters. The van der Waals surface area contributed by atoms with Gasteiger partial charge in [-0.05, 0) is 38.5 Å². The van der Waals surface area contributed by atoms with Crippen LogP contribution in [0.1, 0.15) is 44.9 Å². The van der Waals surface area contributed by atoms with Crippen molar-refractivity contribution in [2.24, 2.45) is 0 Å². The van der Waals surface area contributed by atoms with Crippen molar-refractivity contribution in [2.45, 2.75) is 57.0 Å². The summed E-state index contributed by atoms with van der Waals surface area (Å²) in [4.78, 5) is 0. The molecule has 0 aliphatic rings. The van der Waals surface area contributed by atoms with Crippen LogP contribution in [0.25, 0.3) is 0 Å². The van der Waals surface area contributed by atoms with E-state index >= 15 is 0 Å². The second kappa shape index (κ2) is 14.5. The molecule has 0 radical (unpaired) electrons. The standard InChI is InChI=1S/C17H38N2O6Si2/c1-20-26(21-2,22-3)13-9-7-11-16(18)15-17(19)12-8-10-14-27(23-4,24-5)25-6/h18-19H,7-15H2,1-6H3. The second-order valence-corrected chi connectivity index (χ2v) is 12.6. The first-order chi connectivity index (χ1) is 12.9. The molecule has 0 spiro atoms. The Balaban J connectivity index is 3.98. The molecule has 0 aromatic carbocycles. The molecule has 0 rings (SSSR count). The summed E-state index contributed by atoms with van der Waals surface area (Å²) in [6.07, 6.45) is 5.35. The fraction of sp³-hybridized carbons (Fsp3) is 0.882. The minimum atomic E-state index is -2.51. The van der Waals surface area contributed by atoms with Crippen molar-refractivity contribution < 1.29 is 26.6 Å². The minimum absolute atomic E-state index is 0.447. The number of hydrogen-bond donors (Lipinski definition) is 2. The number of rotatable bonds is 18. The monoisotopic (exact) mass is 422 g/mol. The maximum absolute atomic E-state index is 8.08. The molecule has 0 atom stereocenters. The lowest BCUT2D eigenvalue weighted by atomic mass is 10.0. The summed E-state index contributed by atoms with van der Waals surface area (Å²) in [5.74, 6) is 0. The van der Waals surface area contributed by atoms with Crippen LogP contribution in [0.3, 0.4) is 0 Å². The molecule has 0 heterocycles. The van der Waals surface area contributed by atoms with Gasteiger partial charge in [0.25, 0.3) is 0 Å². The number of hydrogen-bond acceptors (Lipinski definition) is 8. The Labute approximate surface area is 166 Å². The topological polar surface area (TPSA) is 103 Å². The lowest BCUT2D eigenvalue weighted by Gasteiger charge is -2.24. The maximum Gasteiger partial charge on any atom is 0.500 e. The molecule has 27 heavy (non-hydrogen) atoms. The summed E-state index contributed by atoms with van der Waals surface area (Å²) >= 11 is 0. The lowest BCUT2D eigenvalue weighted by Crippen LogP contribution is -2.42. The van der Waals surface area contributed by atoms with E-state index in [-0.39, 0.29) is 0 Å². The quantitative estimate of drug-likeness (QED) is 0.199. The van der Waals surface area contributed by atoms with Crippen molar-refractivity contribution >= 4 is 29.0 Å². The molecule has 0 aliphatic carbocycles. The van der Waals surface area contributed by atoms with Crippen molar-refractivity contribution in [3.8, 4) is 0 Å². The van der Waals surface area contributed by atoms with E-state index in [1.165, 1.54) is 0 Å². The molecule has 8 nitrogen and oxygen atoms in total. The fourth-order valence-electron chi connectivity index (χ4n) is 2.91. The summed E-state index contributed by atoms with van der Waals surface area (Å²) in [5.41, 5.74) is 1.21. The van der Waals surface area contributed by atoms with Crippen molar-refractivity contribution in [2.75, 3.05) is 42.7 Å². The molecular weight excluding hydrogens is 384 g/mol. The van der Waals surface area contributed by atoms with Crippen LogP contribution >= 0.6 is 0 Å². The fourth-order valence-corrected chi connectivity index (χ4v) is 6.50. The smallest absolute Gasteiger partial charge is 0.377 e. The molecule has 0 saturated heterocycles. The second-order valence-electron chi connectivity index (χ2n) is 6.39. The van der Waals surface area contributed by atoms with Gasteiger partial charge in [0.15, 0.2) is 0 Å². The van der Waals surface area contributed by atoms with E-state index in [0.29, 0.717) is 30.7 Å². The lowest BCUT2D eigenvalue weighted by molar-refractivity contribution is 0.122. The highest BCUT2D eigenvalue weighted by molar-refractivity contribution is 6.60. The molecule has 0 bridgehead atoms. The highest BCUT2D eigenvalue weighted by Gasteiger charge is 2.37. The first-order valence-electron chi connectivity index (χ1n) is 9.30. The highest BCUT2D eigenvalue weighted by Crippen LogP contribution is 2.19. The zero-order valence-corrected chi connectivity index (χ0v) is 19.8. The van der Waals surface area contributed by atoms with Gasteiger partial charge < -0.3 is 37.4 Å². The van der Waals surface area contributed by atoms with Gasteiger partial charge in [0.05, 0.1) is 0 Å². The molecule has 10 heteroatoms. The summed E-state index contributed by atoms with van der Waals surface area (Å²) in [5, 5.41) is 16.2. The van der Waals surface area contributed by atoms with Crippen molar-refractivity contribution in [3.05, 3.63) is 0 Å². The number of unbranched alkanes of at least 4 members (excludes halogenated alkanes) is 2. The van der Waals surface area contributed by atoms with E-state index in [9.17, 15) is 0 Å².